The highest BCUT2D eigenvalue weighted by Gasteiger charge is 2.15. The smallest absolute Gasteiger partial charge is 0.339 e. The minimum Gasteiger partial charge on any atom is -0.496 e. The molecule has 0 saturated carbocycles. The average Bonchev–Trinajstić information content (AvgIpc) is 2.81. The Morgan fingerprint density at radius 1 is 0.909 bits per heavy atom. The number of anilines is 2. The SMILES string of the molecule is COc1cc2nccc(Oc3ccc(NC(=O)Nc4ccc(F)cc4)cc3)c2cc1C(=O)O. The van der Waals surface area contributed by atoms with Gasteiger partial charge in [0.25, 0.3) is 0 Å². The summed E-state index contributed by atoms with van der Waals surface area (Å²) in [6.07, 6.45) is 1.55. The Hall–Kier alpha value is -4.66. The summed E-state index contributed by atoms with van der Waals surface area (Å²) in [7, 11) is 1.39. The highest BCUT2D eigenvalue weighted by atomic mass is 19.1. The van der Waals surface area contributed by atoms with Crippen molar-refractivity contribution in [2.24, 2.45) is 0 Å². The number of halogens is 1. The Morgan fingerprint density at radius 2 is 1.55 bits per heavy atom. The van der Waals surface area contributed by atoms with Crippen molar-refractivity contribution in [3.05, 3.63) is 84.3 Å². The van der Waals surface area contributed by atoms with E-state index in [4.69, 9.17) is 9.47 Å². The largest absolute Gasteiger partial charge is 0.496 e. The van der Waals surface area contributed by atoms with Crippen molar-refractivity contribution < 1.29 is 28.6 Å². The Balaban J connectivity index is 1.49. The third kappa shape index (κ3) is 4.99. The number of carboxylic acid groups (broad SMARTS) is 1. The quantitative estimate of drug-likeness (QED) is 0.359. The van der Waals surface area contributed by atoms with Gasteiger partial charge >= 0.3 is 12.0 Å². The summed E-state index contributed by atoms with van der Waals surface area (Å²) < 4.78 is 24.0. The molecule has 0 saturated heterocycles. The molecule has 33 heavy (non-hydrogen) atoms. The molecule has 4 rings (SSSR count). The molecule has 4 aromatic rings. The van der Waals surface area contributed by atoms with Gasteiger partial charge in [-0.1, -0.05) is 0 Å². The fraction of sp³-hybridized carbons (Fsp3) is 0.0417. The first-order valence-electron chi connectivity index (χ1n) is 9.74. The van der Waals surface area contributed by atoms with Crippen LogP contribution >= 0.6 is 0 Å². The zero-order chi connectivity index (χ0) is 23.4. The van der Waals surface area contributed by atoms with Gasteiger partial charge in [0.1, 0.15) is 28.6 Å². The van der Waals surface area contributed by atoms with E-state index in [1.807, 2.05) is 0 Å². The van der Waals surface area contributed by atoms with Crippen LogP contribution in [0.2, 0.25) is 0 Å². The van der Waals surface area contributed by atoms with Gasteiger partial charge in [-0.25, -0.2) is 14.0 Å². The number of hydrogen-bond donors (Lipinski definition) is 3. The number of benzene rings is 3. The predicted molar refractivity (Wildman–Crippen MR) is 121 cm³/mol. The lowest BCUT2D eigenvalue weighted by Crippen LogP contribution is -2.19. The number of carbonyl (C=O) groups is 2. The summed E-state index contributed by atoms with van der Waals surface area (Å²) in [5.74, 6) is -0.427. The first kappa shape index (κ1) is 21.6. The summed E-state index contributed by atoms with van der Waals surface area (Å²) in [4.78, 5) is 27.9. The van der Waals surface area contributed by atoms with Crippen molar-refractivity contribution in [1.82, 2.24) is 4.98 Å². The van der Waals surface area contributed by atoms with Crippen molar-refractivity contribution in [2.75, 3.05) is 17.7 Å². The van der Waals surface area contributed by atoms with Gasteiger partial charge in [-0.15, -0.1) is 0 Å². The van der Waals surface area contributed by atoms with E-state index >= 15 is 0 Å². The first-order valence-corrected chi connectivity index (χ1v) is 9.74. The Kier molecular flexibility index (Phi) is 6.03. The van der Waals surface area contributed by atoms with Gasteiger partial charge < -0.3 is 25.2 Å². The minimum absolute atomic E-state index is 0.00503. The number of aromatic carboxylic acids is 1. The van der Waals surface area contributed by atoms with Crippen LogP contribution in [-0.4, -0.2) is 29.2 Å². The van der Waals surface area contributed by atoms with Crippen molar-refractivity contribution >= 4 is 34.3 Å². The molecule has 1 heterocycles. The van der Waals surface area contributed by atoms with Crippen molar-refractivity contribution in [3.63, 3.8) is 0 Å². The molecule has 0 bridgehead atoms. The van der Waals surface area contributed by atoms with Crippen molar-refractivity contribution in [1.29, 1.82) is 0 Å². The van der Waals surface area contributed by atoms with Crippen LogP contribution in [0.25, 0.3) is 10.9 Å². The molecule has 0 aliphatic rings. The zero-order valence-corrected chi connectivity index (χ0v) is 17.3. The van der Waals surface area contributed by atoms with Crippen LogP contribution < -0.4 is 20.1 Å². The number of hydrogen-bond acceptors (Lipinski definition) is 5. The van der Waals surface area contributed by atoms with Crippen LogP contribution in [0.1, 0.15) is 10.4 Å². The summed E-state index contributed by atoms with van der Waals surface area (Å²) in [6.45, 7) is 0. The summed E-state index contributed by atoms with van der Waals surface area (Å²) >= 11 is 0. The zero-order valence-electron chi connectivity index (χ0n) is 17.3. The first-order chi connectivity index (χ1) is 15.9. The number of nitrogens with one attached hydrogen (secondary N) is 2. The lowest BCUT2D eigenvalue weighted by molar-refractivity contribution is 0.0693. The van der Waals surface area contributed by atoms with Crippen LogP contribution in [-0.2, 0) is 0 Å². The summed E-state index contributed by atoms with van der Waals surface area (Å²) in [5.41, 5.74) is 1.48. The fourth-order valence-electron chi connectivity index (χ4n) is 3.13. The van der Waals surface area contributed by atoms with Crippen LogP contribution in [0.3, 0.4) is 0 Å². The van der Waals surface area contributed by atoms with Gasteiger partial charge in [0, 0.05) is 29.0 Å². The molecule has 0 fully saturated rings. The lowest BCUT2D eigenvalue weighted by Gasteiger charge is -2.12. The van der Waals surface area contributed by atoms with Gasteiger partial charge in [-0.05, 0) is 60.7 Å². The second-order valence-electron chi connectivity index (χ2n) is 6.90. The fourth-order valence-corrected chi connectivity index (χ4v) is 3.13. The van der Waals surface area contributed by atoms with E-state index in [9.17, 15) is 19.1 Å². The van der Waals surface area contributed by atoms with Crippen molar-refractivity contribution in [2.45, 2.75) is 0 Å². The van der Waals surface area contributed by atoms with Gasteiger partial charge in [0.05, 0.1) is 12.6 Å². The standard InChI is InChI=1S/C24H18FN3O5/c1-32-22-13-20-18(12-19(22)23(29)30)21(10-11-26-20)33-17-8-6-16(7-9-17)28-24(31)27-15-4-2-14(25)3-5-15/h2-13H,1H3,(H,29,30)(H2,27,28,31). The Morgan fingerprint density at radius 3 is 2.15 bits per heavy atom. The number of pyridine rings is 1. The molecule has 3 N–H and O–H groups in total. The number of methoxy groups -OCH3 is 1. The number of carboxylic acids is 1. The maximum absolute atomic E-state index is 13.0. The van der Waals surface area contributed by atoms with Crippen LogP contribution in [0.4, 0.5) is 20.6 Å². The van der Waals surface area contributed by atoms with E-state index in [2.05, 4.69) is 15.6 Å². The number of fused-ring (bicyclic) bond motifs is 1. The average molecular weight is 447 g/mol. The molecule has 2 amide bonds. The van der Waals surface area contributed by atoms with E-state index in [0.29, 0.717) is 33.8 Å². The number of aromatic nitrogens is 1. The molecular weight excluding hydrogens is 429 g/mol. The number of carbonyl (C=O) groups excluding carboxylic acids is 1. The molecule has 0 aliphatic carbocycles. The van der Waals surface area contributed by atoms with Gasteiger partial charge in [0.15, 0.2) is 0 Å². The van der Waals surface area contributed by atoms with Gasteiger partial charge in [0.2, 0.25) is 0 Å². The van der Waals surface area contributed by atoms with Crippen LogP contribution in [0, 0.1) is 5.82 Å². The van der Waals surface area contributed by atoms with Crippen LogP contribution in [0.15, 0.2) is 72.9 Å². The maximum atomic E-state index is 13.0. The number of urea groups is 1. The predicted octanol–water partition coefficient (Wildman–Crippen LogP) is 5.52. The molecule has 3 aromatic carbocycles. The van der Waals surface area contributed by atoms with Crippen LogP contribution in [0.5, 0.6) is 17.2 Å². The van der Waals surface area contributed by atoms with E-state index in [-0.39, 0.29) is 11.3 Å². The topological polar surface area (TPSA) is 110 Å². The molecule has 166 valence electrons. The highest BCUT2D eigenvalue weighted by molar-refractivity contribution is 6.00. The summed E-state index contributed by atoms with van der Waals surface area (Å²) in [5, 5.41) is 15.2. The molecule has 0 atom stereocenters. The van der Waals surface area contributed by atoms with E-state index in [1.165, 1.54) is 37.4 Å². The normalized spacial score (nSPS) is 10.5. The van der Waals surface area contributed by atoms with Crippen molar-refractivity contribution in [3.8, 4) is 17.2 Å². The molecule has 8 nitrogen and oxygen atoms in total. The Bertz CT molecular complexity index is 1320. The summed E-state index contributed by atoms with van der Waals surface area (Å²) in [6, 6.07) is 16.2. The lowest BCUT2D eigenvalue weighted by atomic mass is 10.1. The molecule has 9 heteroatoms. The monoisotopic (exact) mass is 447 g/mol. The number of ether oxygens (including phenoxy) is 2. The molecular formula is C24H18FN3O5. The third-order valence-electron chi connectivity index (χ3n) is 4.70. The molecule has 0 unspecified atom stereocenters. The number of nitrogens with zero attached hydrogens (tertiary/aromatic N) is 1. The van der Waals surface area contributed by atoms with E-state index in [0.717, 1.165) is 0 Å². The van der Waals surface area contributed by atoms with E-state index < -0.39 is 17.8 Å². The van der Waals surface area contributed by atoms with E-state index in [1.54, 1.807) is 42.6 Å². The second kappa shape index (κ2) is 9.23. The van der Waals surface area contributed by atoms with Gasteiger partial charge in [-0.2, -0.15) is 0 Å². The third-order valence-corrected chi connectivity index (χ3v) is 4.70. The second-order valence-corrected chi connectivity index (χ2v) is 6.90. The Labute approximate surface area is 187 Å². The number of amides is 2. The maximum Gasteiger partial charge on any atom is 0.339 e. The number of rotatable bonds is 6. The molecule has 0 aliphatic heterocycles. The molecule has 0 spiro atoms. The highest BCUT2D eigenvalue weighted by Crippen LogP contribution is 2.33. The minimum atomic E-state index is -1.13. The van der Waals surface area contributed by atoms with Gasteiger partial charge in [-0.3, -0.25) is 4.98 Å². The molecule has 1 aromatic heterocycles. The molecule has 0 radical (unpaired) electrons.